The third-order valence-electron chi connectivity index (χ3n) is 11.4. The molecule has 0 amide bonds. The van der Waals surface area contributed by atoms with Crippen LogP contribution in [0.15, 0.2) is 85.1 Å². The summed E-state index contributed by atoms with van der Waals surface area (Å²) in [7, 11) is 0. The highest BCUT2D eigenvalue weighted by molar-refractivity contribution is 5.71. The third-order valence-corrected chi connectivity index (χ3v) is 11.4. The van der Waals surface area contributed by atoms with Crippen LogP contribution in [-0.4, -0.2) is 37.2 Å². The van der Waals surface area contributed by atoms with Crippen molar-refractivity contribution < 1.29 is 28.6 Å². The van der Waals surface area contributed by atoms with Gasteiger partial charge in [0, 0.05) is 19.3 Å². The van der Waals surface area contributed by atoms with Crippen LogP contribution < -0.4 is 0 Å². The van der Waals surface area contributed by atoms with Crippen LogP contribution in [0.1, 0.15) is 252 Å². The highest BCUT2D eigenvalue weighted by Crippen LogP contribution is 2.13. The fourth-order valence-electron chi connectivity index (χ4n) is 7.24. The van der Waals surface area contributed by atoms with Gasteiger partial charge in [-0.1, -0.05) is 209 Å². The Hall–Kier alpha value is -3.41. The highest BCUT2D eigenvalue weighted by atomic mass is 16.6. The number of unbranched alkanes of at least 4 members (excludes halogenated alkanes) is 23. The lowest BCUT2D eigenvalue weighted by Crippen LogP contribution is -2.30. The summed E-state index contributed by atoms with van der Waals surface area (Å²) in [6, 6.07) is 0. The van der Waals surface area contributed by atoms with Gasteiger partial charge in [0.2, 0.25) is 0 Å². The first kappa shape index (κ1) is 61.6. The molecular formula is C59H100O6. The second kappa shape index (κ2) is 53.2. The summed E-state index contributed by atoms with van der Waals surface area (Å²) < 4.78 is 16.7. The number of hydrogen-bond acceptors (Lipinski definition) is 6. The predicted octanol–water partition coefficient (Wildman–Crippen LogP) is 18.0. The smallest absolute Gasteiger partial charge is 0.306 e. The summed E-state index contributed by atoms with van der Waals surface area (Å²) in [5, 5.41) is 0. The van der Waals surface area contributed by atoms with E-state index in [1.54, 1.807) is 0 Å². The molecule has 0 heterocycles. The Morgan fingerprint density at radius 3 is 0.985 bits per heavy atom. The van der Waals surface area contributed by atoms with Gasteiger partial charge in [-0.3, -0.25) is 14.4 Å². The minimum Gasteiger partial charge on any atom is -0.462 e. The van der Waals surface area contributed by atoms with Crippen LogP contribution in [0.25, 0.3) is 0 Å². The van der Waals surface area contributed by atoms with Crippen molar-refractivity contribution in [2.24, 2.45) is 0 Å². The molecule has 372 valence electrons. The number of ether oxygens (including phenoxy) is 3. The number of carbonyl (C=O) groups is 3. The van der Waals surface area contributed by atoms with Gasteiger partial charge in [-0.2, -0.15) is 0 Å². The second-order valence-corrected chi connectivity index (χ2v) is 17.8. The normalized spacial score (nSPS) is 12.7. The van der Waals surface area contributed by atoms with Crippen molar-refractivity contribution in [1.82, 2.24) is 0 Å². The van der Waals surface area contributed by atoms with Crippen LogP contribution in [0.5, 0.6) is 0 Å². The van der Waals surface area contributed by atoms with Crippen LogP contribution in [0.2, 0.25) is 0 Å². The van der Waals surface area contributed by atoms with Gasteiger partial charge >= 0.3 is 17.9 Å². The molecule has 0 bridgehead atoms. The first-order chi connectivity index (χ1) is 32.0. The van der Waals surface area contributed by atoms with Crippen molar-refractivity contribution in [2.75, 3.05) is 13.2 Å². The molecule has 0 unspecified atom stereocenters. The number of esters is 3. The third kappa shape index (κ3) is 51.4. The zero-order chi connectivity index (χ0) is 47.2. The van der Waals surface area contributed by atoms with Crippen molar-refractivity contribution in [3.8, 4) is 0 Å². The van der Waals surface area contributed by atoms with Gasteiger partial charge in [-0.15, -0.1) is 0 Å². The molecule has 0 aliphatic rings. The second-order valence-electron chi connectivity index (χ2n) is 17.8. The lowest BCUT2D eigenvalue weighted by Gasteiger charge is -2.18. The zero-order valence-electron chi connectivity index (χ0n) is 42.5. The van der Waals surface area contributed by atoms with Gasteiger partial charge in [0.1, 0.15) is 13.2 Å². The standard InChI is InChI=1S/C59H100O6/c1-4-7-10-13-16-19-22-25-27-28-29-30-32-35-38-41-44-47-50-53-59(62)65-56(54-63-57(60)51-48-45-42-39-36-33-24-21-18-15-12-9-6-3)55-64-58(61)52-49-46-43-40-37-34-31-26-23-20-17-14-11-8-5-2/h16,19,21,24-27,29-31,35,38,44,47,56H,4-15,17-18,20,22-23,28,32-34,36-37,39-43,45-46,48-55H2,1-3H3/b19-16-,24-21-,27-25-,30-29-,31-26-,38-35-,47-44-/t56-/m0/s1. The van der Waals surface area contributed by atoms with Crippen LogP contribution in [0, 0.1) is 0 Å². The summed E-state index contributed by atoms with van der Waals surface area (Å²) in [5.74, 6) is -1.01. The van der Waals surface area contributed by atoms with Crippen LogP contribution in [0.4, 0.5) is 0 Å². The predicted molar refractivity (Wildman–Crippen MR) is 279 cm³/mol. The van der Waals surface area contributed by atoms with Crippen molar-refractivity contribution in [2.45, 2.75) is 258 Å². The Labute approximate surface area is 401 Å². The van der Waals surface area contributed by atoms with E-state index in [-0.39, 0.29) is 31.6 Å². The average Bonchev–Trinajstić information content (AvgIpc) is 3.30. The Morgan fingerprint density at radius 1 is 0.308 bits per heavy atom. The van der Waals surface area contributed by atoms with Gasteiger partial charge in [0.25, 0.3) is 0 Å². The first-order valence-electron chi connectivity index (χ1n) is 27.1. The van der Waals surface area contributed by atoms with Crippen LogP contribution in [0.3, 0.4) is 0 Å². The van der Waals surface area contributed by atoms with Crippen molar-refractivity contribution >= 4 is 17.9 Å². The van der Waals surface area contributed by atoms with Gasteiger partial charge in [-0.05, 0) is 109 Å². The maximum atomic E-state index is 12.8. The van der Waals surface area contributed by atoms with Gasteiger partial charge in [0.05, 0.1) is 0 Å². The molecule has 65 heavy (non-hydrogen) atoms. The number of allylic oxidation sites excluding steroid dienone is 14. The summed E-state index contributed by atoms with van der Waals surface area (Å²) in [6.45, 7) is 6.51. The molecule has 0 fully saturated rings. The molecule has 0 aromatic heterocycles. The van der Waals surface area contributed by atoms with E-state index in [0.717, 1.165) is 89.9 Å². The molecule has 6 nitrogen and oxygen atoms in total. The Bertz CT molecular complexity index is 1270. The number of carbonyl (C=O) groups excluding carboxylic acids is 3. The van der Waals surface area contributed by atoms with E-state index >= 15 is 0 Å². The van der Waals surface area contributed by atoms with E-state index in [9.17, 15) is 14.4 Å². The Balaban J connectivity index is 4.53. The van der Waals surface area contributed by atoms with E-state index < -0.39 is 12.1 Å². The fourth-order valence-corrected chi connectivity index (χ4v) is 7.24. The van der Waals surface area contributed by atoms with Crippen LogP contribution >= 0.6 is 0 Å². The summed E-state index contributed by atoms with van der Waals surface area (Å²) in [4.78, 5) is 38.0. The molecule has 0 aromatic carbocycles. The quantitative estimate of drug-likeness (QED) is 0.0262. The molecule has 1 atom stereocenters. The Kier molecular flexibility index (Phi) is 50.4. The maximum absolute atomic E-state index is 12.8. The van der Waals surface area contributed by atoms with Gasteiger partial charge < -0.3 is 14.2 Å². The molecule has 6 heteroatoms. The SMILES string of the molecule is CCCCC/C=C\C/C=C\C/C=C\C/C=C\C/C=C\CCC(=O)O[C@@H](COC(=O)CCCCCCC/C=C\CCCCCC)COC(=O)CCCCCCC/C=C\CCCCCCCC. The van der Waals surface area contributed by atoms with E-state index in [4.69, 9.17) is 14.2 Å². The molecule has 0 aliphatic carbocycles. The monoisotopic (exact) mass is 905 g/mol. The lowest BCUT2D eigenvalue weighted by atomic mass is 10.1. The van der Waals surface area contributed by atoms with E-state index in [0.29, 0.717) is 19.3 Å². The molecule has 0 spiro atoms. The van der Waals surface area contributed by atoms with Crippen LogP contribution in [-0.2, 0) is 28.6 Å². The zero-order valence-corrected chi connectivity index (χ0v) is 42.5. The average molecular weight is 905 g/mol. The number of rotatable bonds is 48. The maximum Gasteiger partial charge on any atom is 0.306 e. The van der Waals surface area contributed by atoms with Crippen molar-refractivity contribution in [3.05, 3.63) is 85.1 Å². The summed E-state index contributed by atoms with van der Waals surface area (Å²) in [6.07, 6.45) is 68.6. The lowest BCUT2D eigenvalue weighted by molar-refractivity contribution is -0.166. The van der Waals surface area contributed by atoms with Crippen molar-refractivity contribution in [1.29, 1.82) is 0 Å². The Morgan fingerprint density at radius 2 is 0.585 bits per heavy atom. The summed E-state index contributed by atoms with van der Waals surface area (Å²) in [5.41, 5.74) is 0. The summed E-state index contributed by atoms with van der Waals surface area (Å²) >= 11 is 0. The number of hydrogen-bond donors (Lipinski definition) is 0. The highest BCUT2D eigenvalue weighted by Gasteiger charge is 2.19. The fraction of sp³-hybridized carbons (Fsp3) is 0.712. The molecule has 0 radical (unpaired) electrons. The largest absolute Gasteiger partial charge is 0.462 e. The molecule has 0 saturated heterocycles. The van der Waals surface area contributed by atoms with Gasteiger partial charge in [0.15, 0.2) is 6.10 Å². The first-order valence-corrected chi connectivity index (χ1v) is 27.1. The van der Waals surface area contributed by atoms with E-state index in [2.05, 4.69) is 99.8 Å². The van der Waals surface area contributed by atoms with E-state index in [1.165, 1.54) is 116 Å². The molecule has 0 saturated carbocycles. The minimum atomic E-state index is -0.822. The minimum absolute atomic E-state index is 0.113. The van der Waals surface area contributed by atoms with Crippen molar-refractivity contribution in [3.63, 3.8) is 0 Å². The topological polar surface area (TPSA) is 78.9 Å². The molecule has 0 rings (SSSR count). The molecule has 0 aliphatic heterocycles. The molecule has 0 aromatic rings. The molecular weight excluding hydrogens is 805 g/mol. The van der Waals surface area contributed by atoms with E-state index in [1.807, 2.05) is 6.08 Å². The van der Waals surface area contributed by atoms with Gasteiger partial charge in [-0.25, -0.2) is 0 Å². The molecule has 0 N–H and O–H groups in total.